The van der Waals surface area contributed by atoms with Crippen molar-refractivity contribution in [2.45, 2.75) is 25.8 Å². The number of amides is 1. The monoisotopic (exact) mass is 342 g/mol. The number of nitrogens with zero attached hydrogens (tertiary/aromatic N) is 1. The van der Waals surface area contributed by atoms with Crippen LogP contribution in [0, 0.1) is 0 Å². The minimum atomic E-state index is -0.984. The number of hydrogen-bond acceptors (Lipinski definition) is 4. The highest BCUT2D eigenvalue weighted by Gasteiger charge is 2.18. The molecule has 1 heterocycles. The Labute approximate surface area is 142 Å². The van der Waals surface area contributed by atoms with Gasteiger partial charge in [-0.1, -0.05) is 12.1 Å². The first-order valence-corrected chi connectivity index (χ1v) is 7.57. The van der Waals surface area contributed by atoms with Crippen LogP contribution in [0.4, 0.5) is 0 Å². The largest absolute Gasteiger partial charge is 0.482 e. The Kier molecular flexibility index (Phi) is 8.43. The third-order valence-corrected chi connectivity index (χ3v) is 3.57. The Morgan fingerprint density at radius 3 is 2.65 bits per heavy atom. The normalized spacial score (nSPS) is 13.7. The van der Waals surface area contributed by atoms with Crippen LogP contribution in [-0.2, 0) is 16.1 Å². The molecule has 1 amide bonds. The van der Waals surface area contributed by atoms with Crippen LogP contribution in [0.15, 0.2) is 24.3 Å². The molecule has 2 N–H and O–H groups in total. The second-order valence-electron chi connectivity index (χ2n) is 5.34. The average molecular weight is 343 g/mol. The number of nitrogens with one attached hydrogen (secondary N) is 1. The van der Waals surface area contributed by atoms with Gasteiger partial charge in [-0.25, -0.2) is 4.79 Å². The molecule has 0 radical (unpaired) electrons. The van der Waals surface area contributed by atoms with Gasteiger partial charge in [-0.15, -0.1) is 12.4 Å². The standard InChI is InChI=1S/C16H22N2O4.ClH/c19-15-3-1-9-18(15)10-2-8-17-11-13-4-6-14(7-5-13)22-12-16(20)21;/h4-7,17H,1-3,8-12H2,(H,20,21);1H. The molecule has 1 aliphatic heterocycles. The number of benzene rings is 1. The fraction of sp³-hybridized carbons (Fsp3) is 0.500. The molecule has 128 valence electrons. The molecule has 0 spiro atoms. The lowest BCUT2D eigenvalue weighted by Gasteiger charge is -2.15. The lowest BCUT2D eigenvalue weighted by molar-refractivity contribution is -0.139. The van der Waals surface area contributed by atoms with E-state index in [1.54, 1.807) is 12.1 Å². The zero-order valence-electron chi connectivity index (χ0n) is 13.0. The van der Waals surface area contributed by atoms with Crippen molar-refractivity contribution in [1.82, 2.24) is 10.2 Å². The van der Waals surface area contributed by atoms with Gasteiger partial charge in [0.15, 0.2) is 6.61 Å². The van der Waals surface area contributed by atoms with Crippen LogP contribution in [-0.4, -0.2) is 48.1 Å². The third kappa shape index (κ3) is 6.88. The highest BCUT2D eigenvalue weighted by molar-refractivity contribution is 5.85. The first kappa shape index (κ1) is 19.3. The maximum atomic E-state index is 11.4. The van der Waals surface area contributed by atoms with E-state index >= 15 is 0 Å². The molecule has 1 saturated heterocycles. The third-order valence-electron chi connectivity index (χ3n) is 3.57. The number of hydrogen-bond donors (Lipinski definition) is 2. The van der Waals surface area contributed by atoms with E-state index in [-0.39, 0.29) is 24.9 Å². The summed E-state index contributed by atoms with van der Waals surface area (Å²) in [6, 6.07) is 7.36. The second kappa shape index (κ2) is 10.1. The summed E-state index contributed by atoms with van der Waals surface area (Å²) in [6.07, 6.45) is 2.64. The van der Waals surface area contributed by atoms with Gasteiger partial charge in [-0.05, 0) is 37.1 Å². The van der Waals surface area contributed by atoms with Gasteiger partial charge in [0.1, 0.15) is 5.75 Å². The van der Waals surface area contributed by atoms with Crippen LogP contribution in [0.5, 0.6) is 5.75 Å². The summed E-state index contributed by atoms with van der Waals surface area (Å²) in [7, 11) is 0. The minimum Gasteiger partial charge on any atom is -0.482 e. The summed E-state index contributed by atoms with van der Waals surface area (Å²) in [6.45, 7) is 3.01. The van der Waals surface area contributed by atoms with Gasteiger partial charge in [-0.3, -0.25) is 4.79 Å². The molecule has 6 nitrogen and oxygen atoms in total. The lowest BCUT2D eigenvalue weighted by Crippen LogP contribution is -2.28. The summed E-state index contributed by atoms with van der Waals surface area (Å²) in [5, 5.41) is 11.9. The summed E-state index contributed by atoms with van der Waals surface area (Å²) in [5.41, 5.74) is 1.11. The fourth-order valence-electron chi connectivity index (χ4n) is 2.42. The van der Waals surface area contributed by atoms with E-state index in [0.717, 1.165) is 44.6 Å². The topological polar surface area (TPSA) is 78.9 Å². The quantitative estimate of drug-likeness (QED) is 0.667. The molecule has 1 aromatic rings. The number of ether oxygens (including phenoxy) is 1. The molecule has 1 fully saturated rings. The van der Waals surface area contributed by atoms with E-state index in [4.69, 9.17) is 9.84 Å². The molecule has 0 unspecified atom stereocenters. The van der Waals surface area contributed by atoms with E-state index in [2.05, 4.69) is 5.32 Å². The summed E-state index contributed by atoms with van der Waals surface area (Å²) >= 11 is 0. The number of carboxylic acid groups (broad SMARTS) is 1. The molecule has 0 aromatic heterocycles. The van der Waals surface area contributed by atoms with Gasteiger partial charge in [0.05, 0.1) is 0 Å². The van der Waals surface area contributed by atoms with Crippen LogP contribution in [0.25, 0.3) is 0 Å². The van der Waals surface area contributed by atoms with E-state index in [1.165, 1.54) is 0 Å². The van der Waals surface area contributed by atoms with Gasteiger partial charge in [0.25, 0.3) is 0 Å². The van der Waals surface area contributed by atoms with Crippen molar-refractivity contribution in [3.8, 4) is 5.75 Å². The van der Waals surface area contributed by atoms with Gasteiger partial charge < -0.3 is 20.1 Å². The predicted octanol–water partition coefficient (Wildman–Crippen LogP) is 1.67. The number of rotatable bonds is 9. The van der Waals surface area contributed by atoms with Crippen molar-refractivity contribution in [2.75, 3.05) is 26.2 Å². The number of halogens is 1. The first-order chi connectivity index (χ1) is 10.6. The number of aliphatic carboxylic acids is 1. The number of carbonyl (C=O) groups excluding carboxylic acids is 1. The second-order valence-corrected chi connectivity index (χ2v) is 5.34. The van der Waals surface area contributed by atoms with Gasteiger partial charge in [-0.2, -0.15) is 0 Å². The molecule has 7 heteroatoms. The van der Waals surface area contributed by atoms with Gasteiger partial charge >= 0.3 is 5.97 Å². The molecule has 0 saturated carbocycles. The van der Waals surface area contributed by atoms with Crippen molar-refractivity contribution in [3.05, 3.63) is 29.8 Å². The zero-order valence-corrected chi connectivity index (χ0v) is 13.8. The van der Waals surface area contributed by atoms with Crippen molar-refractivity contribution in [2.24, 2.45) is 0 Å². The van der Waals surface area contributed by atoms with Crippen LogP contribution in [0.1, 0.15) is 24.8 Å². The van der Waals surface area contributed by atoms with E-state index in [0.29, 0.717) is 12.2 Å². The predicted molar refractivity (Wildman–Crippen MR) is 89.0 cm³/mol. The Morgan fingerprint density at radius 1 is 1.30 bits per heavy atom. The molecule has 0 atom stereocenters. The highest BCUT2D eigenvalue weighted by Crippen LogP contribution is 2.12. The molecule has 2 rings (SSSR count). The highest BCUT2D eigenvalue weighted by atomic mass is 35.5. The molecule has 1 aliphatic rings. The maximum Gasteiger partial charge on any atom is 0.341 e. The molecule has 0 bridgehead atoms. The van der Waals surface area contributed by atoms with Gasteiger partial charge in [0.2, 0.25) is 5.91 Å². The number of likely N-dealkylation sites (tertiary alicyclic amines) is 1. The summed E-state index contributed by atoms with van der Waals surface area (Å²) in [4.78, 5) is 23.8. The Bertz CT molecular complexity index is 507. The van der Waals surface area contributed by atoms with Crippen LogP contribution in [0.3, 0.4) is 0 Å². The summed E-state index contributed by atoms with van der Waals surface area (Å²) < 4.78 is 5.08. The molecule has 1 aromatic carbocycles. The Hall–Kier alpha value is -1.79. The number of carboxylic acids is 1. The molecule has 23 heavy (non-hydrogen) atoms. The van der Waals surface area contributed by atoms with Crippen LogP contribution < -0.4 is 10.1 Å². The van der Waals surface area contributed by atoms with Crippen LogP contribution >= 0.6 is 12.4 Å². The minimum absolute atomic E-state index is 0. The van der Waals surface area contributed by atoms with Crippen molar-refractivity contribution < 1.29 is 19.4 Å². The van der Waals surface area contributed by atoms with E-state index in [1.807, 2.05) is 17.0 Å². The maximum absolute atomic E-state index is 11.4. The van der Waals surface area contributed by atoms with E-state index < -0.39 is 5.97 Å². The SMILES string of the molecule is Cl.O=C(O)COc1ccc(CNCCCN2CCCC2=O)cc1. The summed E-state index contributed by atoms with van der Waals surface area (Å²) in [5.74, 6) is -0.155. The molecule has 0 aliphatic carbocycles. The van der Waals surface area contributed by atoms with E-state index in [9.17, 15) is 9.59 Å². The van der Waals surface area contributed by atoms with Crippen molar-refractivity contribution in [1.29, 1.82) is 0 Å². The smallest absolute Gasteiger partial charge is 0.341 e. The lowest BCUT2D eigenvalue weighted by atomic mass is 10.2. The fourth-order valence-corrected chi connectivity index (χ4v) is 2.42. The van der Waals surface area contributed by atoms with Crippen molar-refractivity contribution >= 4 is 24.3 Å². The Morgan fingerprint density at radius 2 is 2.04 bits per heavy atom. The van der Waals surface area contributed by atoms with Gasteiger partial charge in [0, 0.05) is 26.1 Å². The average Bonchev–Trinajstić information content (AvgIpc) is 2.91. The Balaban J connectivity index is 0.00000264. The van der Waals surface area contributed by atoms with Crippen molar-refractivity contribution in [3.63, 3.8) is 0 Å². The first-order valence-electron chi connectivity index (χ1n) is 7.57. The molecular weight excluding hydrogens is 320 g/mol. The van der Waals surface area contributed by atoms with Crippen LogP contribution in [0.2, 0.25) is 0 Å². The zero-order chi connectivity index (χ0) is 15.8. The number of carbonyl (C=O) groups is 2. The molecular formula is C16H23ClN2O4.